The van der Waals surface area contributed by atoms with Crippen molar-refractivity contribution in [2.24, 2.45) is 11.0 Å². The van der Waals surface area contributed by atoms with Crippen molar-refractivity contribution < 1.29 is 9.53 Å². The zero-order chi connectivity index (χ0) is 18.2. The maximum Gasteiger partial charge on any atom is 0.271 e. The van der Waals surface area contributed by atoms with Gasteiger partial charge in [-0.25, -0.2) is 5.43 Å². The Hall–Kier alpha value is -2.82. The summed E-state index contributed by atoms with van der Waals surface area (Å²) in [5.41, 5.74) is 11.1. The van der Waals surface area contributed by atoms with Crippen LogP contribution in [0.15, 0.2) is 53.6 Å². The molecule has 2 aromatic rings. The molecule has 0 aliphatic rings. The van der Waals surface area contributed by atoms with Crippen LogP contribution < -0.4 is 15.9 Å². The van der Waals surface area contributed by atoms with Gasteiger partial charge >= 0.3 is 0 Å². The molecule has 0 atom stereocenters. The normalized spacial score (nSPS) is 11.4. The maximum atomic E-state index is 12.2. The van der Waals surface area contributed by atoms with Gasteiger partial charge in [-0.3, -0.25) is 4.79 Å². The van der Waals surface area contributed by atoms with Crippen molar-refractivity contribution in [2.75, 3.05) is 12.3 Å². The van der Waals surface area contributed by atoms with E-state index < -0.39 is 0 Å². The number of carbonyl (C=O) groups excluding carboxylic acids is 1. The van der Waals surface area contributed by atoms with E-state index in [1.807, 2.05) is 19.1 Å². The summed E-state index contributed by atoms with van der Waals surface area (Å²) in [6, 6.07) is 14.4. The average Bonchev–Trinajstić information content (AvgIpc) is 2.60. The second-order valence-electron chi connectivity index (χ2n) is 6.32. The lowest BCUT2D eigenvalue weighted by molar-refractivity contribution is 0.0955. The number of ether oxygens (including phenoxy) is 1. The second-order valence-corrected chi connectivity index (χ2v) is 6.32. The number of hydrogen-bond donors (Lipinski definition) is 2. The Labute approximate surface area is 148 Å². The molecule has 0 radical (unpaired) electrons. The number of hydrazone groups is 1. The molecule has 0 bridgehead atoms. The van der Waals surface area contributed by atoms with E-state index in [0.29, 0.717) is 29.5 Å². The van der Waals surface area contributed by atoms with Crippen molar-refractivity contribution in [3.05, 3.63) is 59.7 Å². The number of nitrogens with zero attached hydrogens (tertiary/aromatic N) is 1. The van der Waals surface area contributed by atoms with Crippen LogP contribution in [0.1, 0.15) is 43.1 Å². The Morgan fingerprint density at radius 2 is 1.68 bits per heavy atom. The first-order valence-electron chi connectivity index (χ1n) is 8.39. The van der Waals surface area contributed by atoms with E-state index in [4.69, 9.17) is 10.5 Å². The first kappa shape index (κ1) is 18.5. The van der Waals surface area contributed by atoms with Crippen LogP contribution in [0, 0.1) is 5.92 Å². The Kier molecular flexibility index (Phi) is 6.57. The number of amides is 1. The number of anilines is 1. The van der Waals surface area contributed by atoms with Crippen LogP contribution in [0.2, 0.25) is 0 Å². The average molecular weight is 339 g/mol. The van der Waals surface area contributed by atoms with E-state index in [0.717, 1.165) is 17.7 Å². The van der Waals surface area contributed by atoms with Crippen LogP contribution in [0.5, 0.6) is 5.75 Å². The third kappa shape index (κ3) is 5.95. The van der Waals surface area contributed by atoms with E-state index >= 15 is 0 Å². The molecule has 2 aromatic carbocycles. The molecule has 0 aliphatic heterocycles. The van der Waals surface area contributed by atoms with Gasteiger partial charge < -0.3 is 10.5 Å². The van der Waals surface area contributed by atoms with E-state index in [1.165, 1.54) is 0 Å². The topological polar surface area (TPSA) is 76.7 Å². The van der Waals surface area contributed by atoms with Crippen molar-refractivity contribution in [1.82, 2.24) is 5.43 Å². The standard InChI is InChI=1S/C20H25N3O2/c1-14(2)12-13-25-19-10-6-17(7-11-19)20(24)23-22-15(3)16-4-8-18(21)9-5-16/h4-11,14H,12-13,21H2,1-3H3,(H,23,24)/b22-15-. The van der Waals surface area contributed by atoms with Crippen molar-refractivity contribution in [2.45, 2.75) is 27.2 Å². The third-order valence-corrected chi connectivity index (χ3v) is 3.73. The zero-order valence-corrected chi connectivity index (χ0v) is 15.0. The van der Waals surface area contributed by atoms with E-state index in [9.17, 15) is 4.79 Å². The molecular formula is C20H25N3O2. The Balaban J connectivity index is 1.91. The van der Waals surface area contributed by atoms with Gasteiger partial charge in [0.05, 0.1) is 12.3 Å². The molecule has 0 saturated heterocycles. The smallest absolute Gasteiger partial charge is 0.271 e. The molecule has 132 valence electrons. The summed E-state index contributed by atoms with van der Waals surface area (Å²) in [5, 5.41) is 4.14. The first-order valence-corrected chi connectivity index (χ1v) is 8.39. The van der Waals surface area contributed by atoms with Gasteiger partial charge in [0.25, 0.3) is 5.91 Å². The maximum absolute atomic E-state index is 12.2. The summed E-state index contributed by atoms with van der Waals surface area (Å²) >= 11 is 0. The van der Waals surface area contributed by atoms with Gasteiger partial charge in [0.1, 0.15) is 5.75 Å². The molecule has 0 unspecified atom stereocenters. The molecule has 5 heteroatoms. The minimum Gasteiger partial charge on any atom is -0.494 e. The van der Waals surface area contributed by atoms with Crippen LogP contribution in [0.4, 0.5) is 5.69 Å². The van der Waals surface area contributed by atoms with Crippen molar-refractivity contribution in [3.63, 3.8) is 0 Å². The summed E-state index contributed by atoms with van der Waals surface area (Å²) in [5.74, 6) is 1.11. The predicted octanol–water partition coefficient (Wildman–Crippen LogP) is 3.85. The molecule has 0 spiro atoms. The quantitative estimate of drug-likeness (QED) is 0.457. The molecule has 2 rings (SSSR count). The van der Waals surface area contributed by atoms with Crippen LogP contribution in [0.3, 0.4) is 0 Å². The number of nitrogens with two attached hydrogens (primary N) is 1. The SMILES string of the molecule is C/C(=N/NC(=O)c1ccc(OCCC(C)C)cc1)c1ccc(N)cc1. The van der Waals surface area contributed by atoms with Gasteiger partial charge in [0, 0.05) is 11.3 Å². The lowest BCUT2D eigenvalue weighted by Crippen LogP contribution is -2.19. The highest BCUT2D eigenvalue weighted by Crippen LogP contribution is 2.13. The van der Waals surface area contributed by atoms with Gasteiger partial charge in [-0.15, -0.1) is 0 Å². The fourth-order valence-corrected chi connectivity index (χ4v) is 2.10. The number of nitrogens with one attached hydrogen (secondary N) is 1. The molecule has 0 heterocycles. The Bertz CT molecular complexity index is 720. The summed E-state index contributed by atoms with van der Waals surface area (Å²) in [6.07, 6.45) is 1.00. The highest BCUT2D eigenvalue weighted by atomic mass is 16.5. The van der Waals surface area contributed by atoms with Crippen LogP contribution in [-0.4, -0.2) is 18.2 Å². The summed E-state index contributed by atoms with van der Waals surface area (Å²) < 4.78 is 5.65. The molecule has 0 aliphatic carbocycles. The Morgan fingerprint density at radius 3 is 2.28 bits per heavy atom. The number of rotatable bonds is 7. The molecule has 5 nitrogen and oxygen atoms in total. The van der Waals surface area contributed by atoms with Gasteiger partial charge in [-0.2, -0.15) is 5.10 Å². The van der Waals surface area contributed by atoms with Gasteiger partial charge in [-0.05, 0) is 61.2 Å². The minimum atomic E-state index is -0.261. The molecule has 0 saturated carbocycles. The Morgan fingerprint density at radius 1 is 1.08 bits per heavy atom. The molecule has 0 aromatic heterocycles. The number of benzene rings is 2. The summed E-state index contributed by atoms with van der Waals surface area (Å²) in [7, 11) is 0. The van der Waals surface area contributed by atoms with E-state index in [1.54, 1.807) is 36.4 Å². The predicted molar refractivity (Wildman–Crippen MR) is 102 cm³/mol. The zero-order valence-electron chi connectivity index (χ0n) is 15.0. The third-order valence-electron chi connectivity index (χ3n) is 3.73. The summed E-state index contributed by atoms with van der Waals surface area (Å²) in [4.78, 5) is 12.2. The lowest BCUT2D eigenvalue weighted by Gasteiger charge is -2.08. The van der Waals surface area contributed by atoms with Gasteiger partial charge in [-0.1, -0.05) is 26.0 Å². The number of nitrogen functional groups attached to an aromatic ring is 1. The van der Waals surface area contributed by atoms with Crippen molar-refractivity contribution in [3.8, 4) is 5.75 Å². The molecule has 3 N–H and O–H groups in total. The first-order chi connectivity index (χ1) is 12.0. The van der Waals surface area contributed by atoms with Crippen molar-refractivity contribution in [1.29, 1.82) is 0 Å². The molecular weight excluding hydrogens is 314 g/mol. The highest BCUT2D eigenvalue weighted by Gasteiger charge is 2.06. The second kappa shape index (κ2) is 8.87. The summed E-state index contributed by atoms with van der Waals surface area (Å²) in [6.45, 7) is 6.82. The lowest BCUT2D eigenvalue weighted by atomic mass is 10.1. The molecule has 0 fully saturated rings. The van der Waals surface area contributed by atoms with Crippen molar-refractivity contribution >= 4 is 17.3 Å². The largest absolute Gasteiger partial charge is 0.494 e. The van der Waals surface area contributed by atoms with Crippen LogP contribution in [0.25, 0.3) is 0 Å². The monoisotopic (exact) mass is 339 g/mol. The fourth-order valence-electron chi connectivity index (χ4n) is 2.10. The number of hydrogen-bond acceptors (Lipinski definition) is 4. The van der Waals surface area contributed by atoms with Gasteiger partial charge in [0.2, 0.25) is 0 Å². The van der Waals surface area contributed by atoms with E-state index in [-0.39, 0.29) is 5.91 Å². The highest BCUT2D eigenvalue weighted by molar-refractivity contribution is 6.01. The van der Waals surface area contributed by atoms with E-state index in [2.05, 4.69) is 24.4 Å². The number of carbonyl (C=O) groups is 1. The minimum absolute atomic E-state index is 0.261. The molecule has 1 amide bonds. The molecule has 25 heavy (non-hydrogen) atoms. The van der Waals surface area contributed by atoms with Crippen LogP contribution in [-0.2, 0) is 0 Å². The fraction of sp³-hybridized carbons (Fsp3) is 0.300. The van der Waals surface area contributed by atoms with Gasteiger partial charge in [0.15, 0.2) is 0 Å². The van der Waals surface area contributed by atoms with Crippen LogP contribution >= 0.6 is 0 Å².